The maximum Gasteiger partial charge on any atom is 0.358 e. The van der Waals surface area contributed by atoms with Crippen LogP contribution >= 0.6 is 0 Å². The molecular weight excluding hydrogens is 262 g/mol. The minimum atomic E-state index is -1.03. The van der Waals surface area contributed by atoms with Crippen molar-refractivity contribution in [3.05, 3.63) is 11.4 Å². The van der Waals surface area contributed by atoms with E-state index in [2.05, 4.69) is 10.3 Å². The van der Waals surface area contributed by atoms with Gasteiger partial charge >= 0.3 is 5.97 Å². The summed E-state index contributed by atoms with van der Waals surface area (Å²) < 4.78 is 12.0. The first-order valence-electron chi connectivity index (χ1n) is 6.78. The van der Waals surface area contributed by atoms with E-state index in [0.29, 0.717) is 44.4 Å². The second-order valence-electron chi connectivity index (χ2n) is 4.97. The maximum absolute atomic E-state index is 11.1. The molecule has 0 amide bonds. The zero-order valence-corrected chi connectivity index (χ0v) is 12.3. The molecule has 1 N–H and O–H groups in total. The van der Waals surface area contributed by atoms with Crippen molar-refractivity contribution in [2.75, 3.05) is 26.9 Å². The standard InChI is InChI=1S/C13H23N3O4/c1-10(2)9-11-12(13(17)18)14-15-16(11)5-8-20-7-4-6-19-3/h10H,4-9H2,1-3H3,(H,17,18). The Morgan fingerprint density at radius 2 is 2.10 bits per heavy atom. The summed E-state index contributed by atoms with van der Waals surface area (Å²) in [5.41, 5.74) is 0.700. The molecule has 114 valence electrons. The highest BCUT2D eigenvalue weighted by Crippen LogP contribution is 2.12. The van der Waals surface area contributed by atoms with Crippen molar-refractivity contribution in [1.82, 2.24) is 15.0 Å². The molecule has 0 atom stereocenters. The van der Waals surface area contributed by atoms with Crippen molar-refractivity contribution in [2.45, 2.75) is 33.2 Å². The van der Waals surface area contributed by atoms with Crippen LogP contribution in [0.5, 0.6) is 0 Å². The maximum atomic E-state index is 11.1. The smallest absolute Gasteiger partial charge is 0.358 e. The molecule has 20 heavy (non-hydrogen) atoms. The van der Waals surface area contributed by atoms with E-state index >= 15 is 0 Å². The van der Waals surface area contributed by atoms with Crippen LogP contribution in [0.1, 0.15) is 36.5 Å². The van der Waals surface area contributed by atoms with E-state index in [9.17, 15) is 4.79 Å². The average molecular weight is 285 g/mol. The SMILES string of the molecule is COCCCOCCn1nnc(C(=O)O)c1CC(C)C. The third-order valence-corrected chi connectivity index (χ3v) is 2.73. The van der Waals surface area contributed by atoms with Gasteiger partial charge in [-0.2, -0.15) is 0 Å². The lowest BCUT2D eigenvalue weighted by molar-refractivity contribution is 0.0688. The molecule has 1 rings (SSSR count). The normalized spacial score (nSPS) is 11.2. The van der Waals surface area contributed by atoms with Crippen LogP contribution in [-0.4, -0.2) is 53.0 Å². The number of nitrogens with zero attached hydrogens (tertiary/aromatic N) is 3. The fourth-order valence-corrected chi connectivity index (χ4v) is 1.83. The highest BCUT2D eigenvalue weighted by Gasteiger charge is 2.19. The van der Waals surface area contributed by atoms with Gasteiger partial charge in [-0.15, -0.1) is 5.10 Å². The fourth-order valence-electron chi connectivity index (χ4n) is 1.83. The molecule has 0 unspecified atom stereocenters. The summed E-state index contributed by atoms with van der Waals surface area (Å²) in [5, 5.41) is 16.7. The quantitative estimate of drug-likeness (QED) is 0.651. The van der Waals surface area contributed by atoms with E-state index in [1.54, 1.807) is 11.8 Å². The Morgan fingerprint density at radius 1 is 1.35 bits per heavy atom. The average Bonchev–Trinajstić information content (AvgIpc) is 2.76. The summed E-state index contributed by atoms with van der Waals surface area (Å²) in [5.74, 6) is -0.694. The number of carbonyl (C=O) groups is 1. The van der Waals surface area contributed by atoms with Crippen LogP contribution in [0.2, 0.25) is 0 Å². The number of aromatic carboxylic acids is 1. The lowest BCUT2D eigenvalue weighted by atomic mass is 10.1. The molecule has 0 aliphatic carbocycles. The zero-order chi connectivity index (χ0) is 15.0. The Kier molecular flexibility index (Phi) is 7.17. The predicted octanol–water partition coefficient (Wildman–Crippen LogP) is 1.23. The molecule has 0 bridgehead atoms. The van der Waals surface area contributed by atoms with E-state index < -0.39 is 5.97 Å². The Balaban J connectivity index is 2.54. The summed E-state index contributed by atoms with van der Waals surface area (Å²) in [6.45, 7) is 6.35. The second kappa shape index (κ2) is 8.65. The molecule has 0 radical (unpaired) electrons. The van der Waals surface area contributed by atoms with Gasteiger partial charge < -0.3 is 14.6 Å². The van der Waals surface area contributed by atoms with E-state index in [0.717, 1.165) is 6.42 Å². The van der Waals surface area contributed by atoms with Crippen LogP contribution < -0.4 is 0 Å². The van der Waals surface area contributed by atoms with Gasteiger partial charge in [0.15, 0.2) is 5.69 Å². The number of aromatic nitrogens is 3. The third-order valence-electron chi connectivity index (χ3n) is 2.73. The molecule has 1 aromatic heterocycles. The third kappa shape index (κ3) is 5.26. The van der Waals surface area contributed by atoms with Gasteiger partial charge in [0, 0.05) is 20.3 Å². The largest absolute Gasteiger partial charge is 0.476 e. The number of hydrogen-bond donors (Lipinski definition) is 1. The molecule has 1 aromatic rings. The molecule has 0 aliphatic heterocycles. The Labute approximate surface area is 118 Å². The van der Waals surface area contributed by atoms with Gasteiger partial charge in [-0.25, -0.2) is 9.48 Å². The zero-order valence-electron chi connectivity index (χ0n) is 12.3. The first-order chi connectivity index (χ1) is 9.56. The van der Waals surface area contributed by atoms with Crippen LogP contribution in [0.25, 0.3) is 0 Å². The minimum Gasteiger partial charge on any atom is -0.476 e. The fraction of sp³-hybridized carbons (Fsp3) is 0.769. The lowest BCUT2D eigenvalue weighted by Gasteiger charge is -2.09. The molecule has 0 spiro atoms. The second-order valence-corrected chi connectivity index (χ2v) is 4.97. The van der Waals surface area contributed by atoms with Crippen molar-refractivity contribution in [2.24, 2.45) is 5.92 Å². The van der Waals surface area contributed by atoms with Gasteiger partial charge in [0.2, 0.25) is 0 Å². The topological polar surface area (TPSA) is 86.5 Å². The molecule has 0 aromatic carbocycles. The van der Waals surface area contributed by atoms with Gasteiger partial charge in [-0.1, -0.05) is 19.1 Å². The number of carboxylic acids is 1. The molecule has 1 heterocycles. The van der Waals surface area contributed by atoms with Crippen molar-refractivity contribution in [1.29, 1.82) is 0 Å². The number of methoxy groups -OCH3 is 1. The van der Waals surface area contributed by atoms with Gasteiger partial charge in [0.25, 0.3) is 0 Å². The molecule has 0 saturated heterocycles. The predicted molar refractivity (Wildman–Crippen MR) is 72.8 cm³/mol. The molecule has 0 aliphatic rings. The molecule has 7 heteroatoms. The van der Waals surface area contributed by atoms with E-state index in [1.165, 1.54) is 0 Å². The number of rotatable bonds is 10. The molecule has 0 fully saturated rings. The minimum absolute atomic E-state index is 0.0399. The Hall–Kier alpha value is -1.47. The summed E-state index contributed by atoms with van der Waals surface area (Å²) in [6, 6.07) is 0. The highest BCUT2D eigenvalue weighted by atomic mass is 16.5. The van der Waals surface area contributed by atoms with Gasteiger partial charge in [0.1, 0.15) is 0 Å². The van der Waals surface area contributed by atoms with Crippen LogP contribution in [0, 0.1) is 5.92 Å². The first-order valence-corrected chi connectivity index (χ1v) is 6.78. The van der Waals surface area contributed by atoms with Crippen LogP contribution in [0.3, 0.4) is 0 Å². The van der Waals surface area contributed by atoms with E-state index in [-0.39, 0.29) is 5.69 Å². The number of ether oxygens (including phenoxy) is 2. The number of carboxylic acid groups (broad SMARTS) is 1. The summed E-state index contributed by atoms with van der Waals surface area (Å²) in [7, 11) is 1.65. The van der Waals surface area contributed by atoms with Crippen LogP contribution in [0.4, 0.5) is 0 Å². The highest BCUT2D eigenvalue weighted by molar-refractivity contribution is 5.86. The lowest BCUT2D eigenvalue weighted by Crippen LogP contribution is -2.14. The van der Waals surface area contributed by atoms with Gasteiger partial charge in [-0.3, -0.25) is 0 Å². The summed E-state index contributed by atoms with van der Waals surface area (Å²) in [4.78, 5) is 11.1. The van der Waals surface area contributed by atoms with Gasteiger partial charge in [0.05, 0.1) is 18.8 Å². The van der Waals surface area contributed by atoms with E-state index in [4.69, 9.17) is 14.6 Å². The summed E-state index contributed by atoms with van der Waals surface area (Å²) >= 11 is 0. The van der Waals surface area contributed by atoms with Crippen molar-refractivity contribution in [3.63, 3.8) is 0 Å². The van der Waals surface area contributed by atoms with Gasteiger partial charge in [-0.05, 0) is 18.8 Å². The first kappa shape index (κ1) is 16.6. The van der Waals surface area contributed by atoms with Crippen molar-refractivity contribution in [3.8, 4) is 0 Å². The van der Waals surface area contributed by atoms with E-state index in [1.807, 2.05) is 13.8 Å². The van der Waals surface area contributed by atoms with Crippen molar-refractivity contribution >= 4 is 5.97 Å². The summed E-state index contributed by atoms with van der Waals surface area (Å²) in [6.07, 6.45) is 1.48. The molecular formula is C13H23N3O4. The molecule has 0 saturated carbocycles. The Morgan fingerprint density at radius 3 is 2.70 bits per heavy atom. The molecule has 7 nitrogen and oxygen atoms in total. The number of hydrogen-bond acceptors (Lipinski definition) is 5. The van der Waals surface area contributed by atoms with Crippen molar-refractivity contribution < 1.29 is 19.4 Å². The Bertz CT molecular complexity index is 418. The van der Waals surface area contributed by atoms with Crippen LogP contribution in [0.15, 0.2) is 0 Å². The monoisotopic (exact) mass is 285 g/mol. The van der Waals surface area contributed by atoms with Crippen LogP contribution in [-0.2, 0) is 22.4 Å².